The summed E-state index contributed by atoms with van der Waals surface area (Å²) in [7, 11) is 0. The number of carbonyl (C=O) groups excluding carboxylic acids is 1. The third-order valence-electron chi connectivity index (χ3n) is 2.28. The van der Waals surface area contributed by atoms with Crippen molar-refractivity contribution in [3.8, 4) is 0 Å². The van der Waals surface area contributed by atoms with E-state index in [9.17, 15) is 4.79 Å². The topological polar surface area (TPSA) is 26.3 Å². The monoisotopic (exact) mass is 220 g/mol. The second kappa shape index (κ2) is 4.03. The van der Waals surface area contributed by atoms with Gasteiger partial charge in [0.2, 0.25) is 0 Å². The fourth-order valence-corrected chi connectivity index (χ4v) is 2.42. The summed E-state index contributed by atoms with van der Waals surface area (Å²) in [5.41, 5.74) is 1.84. The largest absolute Gasteiger partial charge is 0.462 e. The van der Waals surface area contributed by atoms with E-state index in [0.29, 0.717) is 12.2 Å². The van der Waals surface area contributed by atoms with Gasteiger partial charge in [0.1, 0.15) is 0 Å². The van der Waals surface area contributed by atoms with Crippen LogP contribution in [0.1, 0.15) is 22.8 Å². The predicted octanol–water partition coefficient (Wildman–Crippen LogP) is 3.39. The molecule has 15 heavy (non-hydrogen) atoms. The average Bonchev–Trinajstić information content (AvgIpc) is 2.60. The maximum Gasteiger partial charge on any atom is 0.338 e. The minimum Gasteiger partial charge on any atom is -0.462 e. The van der Waals surface area contributed by atoms with Crippen LogP contribution in [0.25, 0.3) is 10.1 Å². The van der Waals surface area contributed by atoms with Crippen molar-refractivity contribution in [2.24, 2.45) is 0 Å². The molecule has 0 amide bonds. The van der Waals surface area contributed by atoms with Gasteiger partial charge >= 0.3 is 5.97 Å². The second-order valence-electron chi connectivity index (χ2n) is 3.35. The van der Waals surface area contributed by atoms with Gasteiger partial charge in [-0.15, -0.1) is 11.3 Å². The molecule has 0 aliphatic carbocycles. The summed E-state index contributed by atoms with van der Waals surface area (Å²) in [6, 6.07) is 5.69. The molecule has 0 atom stereocenters. The first-order valence-corrected chi connectivity index (χ1v) is 5.75. The molecule has 0 saturated carbocycles. The van der Waals surface area contributed by atoms with Crippen molar-refractivity contribution >= 4 is 27.4 Å². The molecule has 1 heterocycles. The van der Waals surface area contributed by atoms with Crippen molar-refractivity contribution in [3.05, 3.63) is 34.7 Å². The van der Waals surface area contributed by atoms with Gasteiger partial charge in [0.05, 0.1) is 12.2 Å². The summed E-state index contributed by atoms with van der Waals surface area (Å²) >= 11 is 1.70. The van der Waals surface area contributed by atoms with E-state index in [2.05, 4.69) is 5.38 Å². The van der Waals surface area contributed by atoms with E-state index in [1.807, 2.05) is 32.0 Å². The van der Waals surface area contributed by atoms with Gasteiger partial charge in [-0.25, -0.2) is 4.79 Å². The molecule has 0 fully saturated rings. The van der Waals surface area contributed by atoms with Crippen LogP contribution in [0.4, 0.5) is 0 Å². The van der Waals surface area contributed by atoms with E-state index >= 15 is 0 Å². The van der Waals surface area contributed by atoms with E-state index < -0.39 is 0 Å². The van der Waals surface area contributed by atoms with Crippen molar-refractivity contribution in [1.82, 2.24) is 0 Å². The number of esters is 1. The van der Waals surface area contributed by atoms with Gasteiger partial charge < -0.3 is 4.74 Å². The van der Waals surface area contributed by atoms with Crippen molar-refractivity contribution in [2.75, 3.05) is 6.61 Å². The average molecular weight is 220 g/mol. The Kier molecular flexibility index (Phi) is 2.73. The minimum absolute atomic E-state index is 0.245. The molecular weight excluding hydrogens is 208 g/mol. The summed E-state index contributed by atoms with van der Waals surface area (Å²) in [5, 5.41) is 3.24. The van der Waals surface area contributed by atoms with Crippen LogP contribution in [0.5, 0.6) is 0 Å². The lowest BCUT2D eigenvalue weighted by molar-refractivity contribution is 0.0526. The summed E-state index contributed by atoms with van der Waals surface area (Å²) in [6.07, 6.45) is 0. The Morgan fingerprint density at radius 3 is 3.00 bits per heavy atom. The van der Waals surface area contributed by atoms with Gasteiger partial charge in [0, 0.05) is 4.70 Å². The molecule has 3 heteroatoms. The molecule has 78 valence electrons. The van der Waals surface area contributed by atoms with Crippen molar-refractivity contribution in [2.45, 2.75) is 13.8 Å². The third kappa shape index (κ3) is 1.88. The van der Waals surface area contributed by atoms with Crippen LogP contribution in [0.2, 0.25) is 0 Å². The molecule has 0 spiro atoms. The highest BCUT2D eigenvalue weighted by Crippen LogP contribution is 2.26. The first-order valence-electron chi connectivity index (χ1n) is 4.87. The molecule has 2 nitrogen and oxygen atoms in total. The molecule has 0 aliphatic rings. The standard InChI is InChI=1S/C12H12O2S/c1-3-14-12(13)9-4-5-11-10(6-9)8(2)7-15-11/h4-7H,3H2,1-2H3. The van der Waals surface area contributed by atoms with E-state index in [0.717, 1.165) is 5.39 Å². The van der Waals surface area contributed by atoms with Gasteiger partial charge in [-0.05, 0) is 48.4 Å². The normalized spacial score (nSPS) is 10.5. The molecule has 1 aromatic carbocycles. The van der Waals surface area contributed by atoms with E-state index in [1.54, 1.807) is 11.3 Å². The van der Waals surface area contributed by atoms with Crippen LogP contribution in [0.15, 0.2) is 23.6 Å². The maximum absolute atomic E-state index is 11.5. The highest BCUT2D eigenvalue weighted by molar-refractivity contribution is 7.17. The number of thiophene rings is 1. The van der Waals surface area contributed by atoms with Gasteiger partial charge in [-0.3, -0.25) is 0 Å². The quantitative estimate of drug-likeness (QED) is 0.725. The lowest BCUT2D eigenvalue weighted by Crippen LogP contribution is -2.03. The predicted molar refractivity (Wildman–Crippen MR) is 62.5 cm³/mol. The SMILES string of the molecule is CCOC(=O)c1ccc2scc(C)c2c1. The second-order valence-corrected chi connectivity index (χ2v) is 4.26. The number of benzene rings is 1. The van der Waals surface area contributed by atoms with Crippen LogP contribution < -0.4 is 0 Å². The fraction of sp³-hybridized carbons (Fsp3) is 0.250. The fourth-order valence-electron chi connectivity index (χ4n) is 1.50. The van der Waals surface area contributed by atoms with Crippen molar-refractivity contribution < 1.29 is 9.53 Å². The zero-order valence-corrected chi connectivity index (χ0v) is 9.56. The first kappa shape index (κ1) is 10.2. The number of carbonyl (C=O) groups is 1. The maximum atomic E-state index is 11.5. The molecule has 0 radical (unpaired) electrons. The highest BCUT2D eigenvalue weighted by atomic mass is 32.1. The van der Waals surface area contributed by atoms with Crippen LogP contribution in [-0.2, 0) is 4.74 Å². The van der Waals surface area contributed by atoms with Gasteiger partial charge in [-0.1, -0.05) is 0 Å². The summed E-state index contributed by atoms with van der Waals surface area (Å²) in [6.45, 7) is 4.28. The molecule has 0 unspecified atom stereocenters. The van der Waals surface area contributed by atoms with Crippen molar-refractivity contribution in [1.29, 1.82) is 0 Å². The van der Waals surface area contributed by atoms with Gasteiger partial charge in [0.15, 0.2) is 0 Å². The lowest BCUT2D eigenvalue weighted by Gasteiger charge is -2.01. The van der Waals surface area contributed by atoms with E-state index in [-0.39, 0.29) is 5.97 Å². The number of hydrogen-bond donors (Lipinski definition) is 0. The Bertz CT molecular complexity index is 499. The number of aryl methyl sites for hydroxylation is 1. The molecule has 1 aromatic heterocycles. The molecule has 2 aromatic rings. The van der Waals surface area contributed by atoms with Crippen LogP contribution in [0.3, 0.4) is 0 Å². The lowest BCUT2D eigenvalue weighted by atomic mass is 10.1. The van der Waals surface area contributed by atoms with Crippen LogP contribution in [0, 0.1) is 6.92 Å². The molecule has 0 bridgehead atoms. The highest BCUT2D eigenvalue weighted by Gasteiger charge is 2.08. The third-order valence-corrected chi connectivity index (χ3v) is 3.36. The number of ether oxygens (including phenoxy) is 1. The summed E-state index contributed by atoms with van der Waals surface area (Å²) in [4.78, 5) is 11.5. The molecule has 2 rings (SSSR count). The van der Waals surface area contributed by atoms with Gasteiger partial charge in [-0.2, -0.15) is 0 Å². The first-order chi connectivity index (χ1) is 7.22. The minimum atomic E-state index is -0.245. The smallest absolute Gasteiger partial charge is 0.338 e. The Morgan fingerprint density at radius 2 is 2.27 bits per heavy atom. The number of rotatable bonds is 2. The molecule has 0 N–H and O–H groups in total. The Morgan fingerprint density at radius 1 is 1.47 bits per heavy atom. The Hall–Kier alpha value is -1.35. The van der Waals surface area contributed by atoms with Crippen LogP contribution >= 0.6 is 11.3 Å². The van der Waals surface area contributed by atoms with Crippen LogP contribution in [-0.4, -0.2) is 12.6 Å². The Balaban J connectivity index is 2.45. The van der Waals surface area contributed by atoms with E-state index in [1.165, 1.54) is 10.3 Å². The number of fused-ring (bicyclic) bond motifs is 1. The zero-order chi connectivity index (χ0) is 10.8. The summed E-state index contributed by atoms with van der Waals surface area (Å²) in [5.74, 6) is -0.245. The zero-order valence-electron chi connectivity index (χ0n) is 8.74. The molecule has 0 saturated heterocycles. The molecular formula is C12H12O2S. The van der Waals surface area contributed by atoms with Gasteiger partial charge in [0.25, 0.3) is 0 Å². The Labute approximate surface area is 92.5 Å². The summed E-state index contributed by atoms with van der Waals surface area (Å²) < 4.78 is 6.17. The number of hydrogen-bond acceptors (Lipinski definition) is 3. The molecule has 0 aliphatic heterocycles. The van der Waals surface area contributed by atoms with E-state index in [4.69, 9.17) is 4.74 Å². The van der Waals surface area contributed by atoms with Crippen molar-refractivity contribution in [3.63, 3.8) is 0 Å².